The number of ether oxygens (including phenoxy) is 1. The molecule has 2 heteroatoms. The van der Waals surface area contributed by atoms with E-state index in [1.54, 1.807) is 0 Å². The van der Waals surface area contributed by atoms with Gasteiger partial charge in [0.1, 0.15) is 0 Å². The van der Waals surface area contributed by atoms with Crippen LogP contribution in [0.4, 0.5) is 0 Å². The van der Waals surface area contributed by atoms with Crippen LogP contribution in [-0.2, 0) is 4.74 Å². The van der Waals surface area contributed by atoms with E-state index < -0.39 is 0 Å². The molecule has 0 fully saturated rings. The molecule has 0 heterocycles. The molecular formula is C8H15NO. The fourth-order valence-corrected chi connectivity index (χ4v) is 1.13. The van der Waals surface area contributed by atoms with E-state index >= 15 is 0 Å². The van der Waals surface area contributed by atoms with Crippen LogP contribution in [0.2, 0.25) is 0 Å². The van der Waals surface area contributed by atoms with Crippen molar-refractivity contribution >= 4 is 0 Å². The molecule has 0 aliphatic heterocycles. The summed E-state index contributed by atoms with van der Waals surface area (Å²) in [5.41, 5.74) is 5.29. The van der Waals surface area contributed by atoms with Crippen molar-refractivity contribution < 1.29 is 4.74 Å². The van der Waals surface area contributed by atoms with Gasteiger partial charge in [-0.15, -0.1) is 0 Å². The van der Waals surface area contributed by atoms with Crippen molar-refractivity contribution in [1.29, 1.82) is 0 Å². The minimum atomic E-state index is 0.622. The topological polar surface area (TPSA) is 35.2 Å². The normalized spacial score (nSPS) is 18.3. The molecule has 2 nitrogen and oxygen atoms in total. The van der Waals surface area contributed by atoms with E-state index in [2.05, 4.69) is 6.08 Å². The molecule has 0 aromatic carbocycles. The first-order valence-corrected chi connectivity index (χ1v) is 3.95. The van der Waals surface area contributed by atoms with Gasteiger partial charge < -0.3 is 10.5 Å². The first-order valence-electron chi connectivity index (χ1n) is 3.95. The molecule has 1 aliphatic rings. The minimum absolute atomic E-state index is 0.622. The molecule has 0 bridgehead atoms. The van der Waals surface area contributed by atoms with E-state index in [9.17, 15) is 0 Å². The van der Waals surface area contributed by atoms with Gasteiger partial charge in [0.15, 0.2) is 0 Å². The molecule has 1 rings (SSSR count). The number of rotatable bonds is 3. The zero-order valence-electron chi connectivity index (χ0n) is 6.31. The highest BCUT2D eigenvalue weighted by molar-refractivity contribution is 4.96. The van der Waals surface area contributed by atoms with Gasteiger partial charge in [0.2, 0.25) is 0 Å². The summed E-state index contributed by atoms with van der Waals surface area (Å²) in [5.74, 6) is 1.15. The summed E-state index contributed by atoms with van der Waals surface area (Å²) in [6.07, 6.45) is 7.06. The molecule has 0 saturated heterocycles. The van der Waals surface area contributed by atoms with Crippen LogP contribution in [-0.4, -0.2) is 13.2 Å². The maximum atomic E-state index is 5.37. The molecule has 1 aliphatic carbocycles. The van der Waals surface area contributed by atoms with Gasteiger partial charge in [0, 0.05) is 13.0 Å². The summed E-state index contributed by atoms with van der Waals surface area (Å²) < 4.78 is 5.37. The van der Waals surface area contributed by atoms with Crippen molar-refractivity contribution in [1.82, 2.24) is 0 Å². The Balaban J connectivity index is 2.18. The average Bonchev–Trinajstić information content (AvgIpc) is 2.03. The van der Waals surface area contributed by atoms with Gasteiger partial charge in [0.05, 0.1) is 12.4 Å². The van der Waals surface area contributed by atoms with Crippen molar-refractivity contribution in [3.8, 4) is 0 Å². The second-order valence-corrected chi connectivity index (χ2v) is 2.55. The molecule has 2 N–H and O–H groups in total. The standard InChI is InChI=1S/C8H15NO/c9-6-7-10-8-4-2-1-3-5-8/h4H,1-3,5-7,9H2. The van der Waals surface area contributed by atoms with Crippen LogP contribution in [0.3, 0.4) is 0 Å². The number of hydrogen-bond acceptors (Lipinski definition) is 2. The van der Waals surface area contributed by atoms with Gasteiger partial charge in [-0.05, 0) is 25.3 Å². The molecule has 0 saturated carbocycles. The SMILES string of the molecule is NCCOC1=CCCCC1. The Hall–Kier alpha value is -0.500. The molecule has 58 valence electrons. The first kappa shape index (κ1) is 7.61. The monoisotopic (exact) mass is 141 g/mol. The number of hydrogen-bond donors (Lipinski definition) is 1. The van der Waals surface area contributed by atoms with Crippen molar-refractivity contribution in [3.63, 3.8) is 0 Å². The number of nitrogens with two attached hydrogens (primary N) is 1. The molecule has 10 heavy (non-hydrogen) atoms. The van der Waals surface area contributed by atoms with E-state index in [0.29, 0.717) is 13.2 Å². The zero-order valence-corrected chi connectivity index (χ0v) is 6.31. The summed E-state index contributed by atoms with van der Waals surface area (Å²) in [7, 11) is 0. The Morgan fingerprint density at radius 1 is 1.50 bits per heavy atom. The summed E-state index contributed by atoms with van der Waals surface area (Å²) in [4.78, 5) is 0. The van der Waals surface area contributed by atoms with E-state index in [-0.39, 0.29) is 0 Å². The second-order valence-electron chi connectivity index (χ2n) is 2.55. The van der Waals surface area contributed by atoms with Crippen LogP contribution in [0.5, 0.6) is 0 Å². The third kappa shape index (κ3) is 2.40. The largest absolute Gasteiger partial charge is 0.497 e. The van der Waals surface area contributed by atoms with Gasteiger partial charge >= 0.3 is 0 Å². The van der Waals surface area contributed by atoms with Gasteiger partial charge in [-0.3, -0.25) is 0 Å². The Bertz CT molecular complexity index is 120. The van der Waals surface area contributed by atoms with Crippen LogP contribution in [0.1, 0.15) is 25.7 Å². The lowest BCUT2D eigenvalue weighted by molar-refractivity contribution is 0.203. The number of allylic oxidation sites excluding steroid dienone is 2. The van der Waals surface area contributed by atoms with E-state index in [1.807, 2.05) is 0 Å². The highest BCUT2D eigenvalue weighted by Crippen LogP contribution is 2.17. The fourth-order valence-electron chi connectivity index (χ4n) is 1.13. The van der Waals surface area contributed by atoms with Crippen LogP contribution in [0, 0.1) is 0 Å². The van der Waals surface area contributed by atoms with Crippen molar-refractivity contribution in [3.05, 3.63) is 11.8 Å². The summed E-state index contributed by atoms with van der Waals surface area (Å²) in [6, 6.07) is 0. The lowest BCUT2D eigenvalue weighted by Gasteiger charge is -2.12. The molecule has 0 aromatic rings. The van der Waals surface area contributed by atoms with Crippen LogP contribution in [0.15, 0.2) is 11.8 Å². The molecule has 0 amide bonds. The van der Waals surface area contributed by atoms with Gasteiger partial charge in [-0.1, -0.05) is 0 Å². The quantitative estimate of drug-likeness (QED) is 0.645. The summed E-state index contributed by atoms with van der Waals surface area (Å²) in [6.45, 7) is 1.29. The lowest BCUT2D eigenvalue weighted by Crippen LogP contribution is -2.09. The molecule has 0 unspecified atom stereocenters. The third-order valence-corrected chi connectivity index (χ3v) is 1.65. The van der Waals surface area contributed by atoms with Crippen molar-refractivity contribution in [2.75, 3.05) is 13.2 Å². The molecule has 0 atom stereocenters. The second kappa shape index (κ2) is 4.34. The Morgan fingerprint density at radius 3 is 3.00 bits per heavy atom. The van der Waals surface area contributed by atoms with E-state index in [0.717, 1.165) is 12.2 Å². The van der Waals surface area contributed by atoms with Crippen molar-refractivity contribution in [2.45, 2.75) is 25.7 Å². The van der Waals surface area contributed by atoms with Gasteiger partial charge in [-0.25, -0.2) is 0 Å². The summed E-state index contributed by atoms with van der Waals surface area (Å²) >= 11 is 0. The molecule has 0 radical (unpaired) electrons. The van der Waals surface area contributed by atoms with Crippen LogP contribution < -0.4 is 5.73 Å². The Kier molecular flexibility index (Phi) is 3.30. The van der Waals surface area contributed by atoms with E-state index in [4.69, 9.17) is 10.5 Å². The lowest BCUT2D eigenvalue weighted by atomic mass is 10.1. The smallest absolute Gasteiger partial charge is 0.0999 e. The fraction of sp³-hybridized carbons (Fsp3) is 0.750. The average molecular weight is 141 g/mol. The van der Waals surface area contributed by atoms with Crippen LogP contribution in [0.25, 0.3) is 0 Å². The van der Waals surface area contributed by atoms with Crippen molar-refractivity contribution in [2.24, 2.45) is 5.73 Å². The predicted molar refractivity (Wildman–Crippen MR) is 41.6 cm³/mol. The minimum Gasteiger partial charge on any atom is -0.497 e. The third-order valence-electron chi connectivity index (χ3n) is 1.65. The van der Waals surface area contributed by atoms with E-state index in [1.165, 1.54) is 19.3 Å². The maximum absolute atomic E-state index is 5.37. The van der Waals surface area contributed by atoms with Crippen LogP contribution >= 0.6 is 0 Å². The van der Waals surface area contributed by atoms with Gasteiger partial charge in [-0.2, -0.15) is 0 Å². The highest BCUT2D eigenvalue weighted by Gasteiger charge is 2.02. The molecular weight excluding hydrogens is 126 g/mol. The molecule has 0 aromatic heterocycles. The highest BCUT2D eigenvalue weighted by atomic mass is 16.5. The first-order chi connectivity index (χ1) is 4.93. The molecule has 0 spiro atoms. The van der Waals surface area contributed by atoms with Gasteiger partial charge in [0.25, 0.3) is 0 Å². The zero-order chi connectivity index (χ0) is 7.23. The predicted octanol–water partition coefficient (Wildman–Crippen LogP) is 1.42. The maximum Gasteiger partial charge on any atom is 0.0999 e. The Labute approximate surface area is 62.1 Å². The summed E-state index contributed by atoms with van der Waals surface area (Å²) in [5, 5.41) is 0. The Morgan fingerprint density at radius 2 is 2.40 bits per heavy atom.